The van der Waals surface area contributed by atoms with Crippen LogP contribution in [0, 0.1) is 0 Å². The minimum absolute atomic E-state index is 1.04. The summed E-state index contributed by atoms with van der Waals surface area (Å²) in [5, 5.41) is 5.86. The predicted octanol–water partition coefficient (Wildman–Crippen LogP) is 3.62. The fourth-order valence-electron chi connectivity index (χ4n) is 3.06. The lowest BCUT2D eigenvalue weighted by molar-refractivity contribution is 0.250. The maximum atomic E-state index is 4.41. The number of fused-ring (bicyclic) bond motifs is 1. The van der Waals surface area contributed by atoms with Crippen LogP contribution in [0.25, 0.3) is 10.8 Å². The molecule has 0 spiro atoms. The highest BCUT2D eigenvalue weighted by Crippen LogP contribution is 2.21. The zero-order valence-electron chi connectivity index (χ0n) is 12.5. The van der Waals surface area contributed by atoms with Crippen LogP contribution in [-0.4, -0.2) is 36.1 Å². The first-order chi connectivity index (χ1) is 10.9. The summed E-state index contributed by atoms with van der Waals surface area (Å²) in [5.74, 6) is 0. The van der Waals surface area contributed by atoms with Crippen LogP contribution in [0.4, 0.5) is 5.13 Å². The molecule has 0 atom stereocenters. The number of anilines is 1. The van der Waals surface area contributed by atoms with Gasteiger partial charge in [-0.2, -0.15) is 0 Å². The van der Waals surface area contributed by atoms with Crippen LogP contribution in [-0.2, 0) is 6.54 Å². The van der Waals surface area contributed by atoms with Crippen LogP contribution < -0.4 is 4.90 Å². The van der Waals surface area contributed by atoms with E-state index in [1.165, 1.54) is 16.3 Å². The molecule has 22 heavy (non-hydrogen) atoms. The molecule has 1 aromatic heterocycles. The maximum Gasteiger partial charge on any atom is 0.185 e. The van der Waals surface area contributed by atoms with E-state index in [0.717, 1.165) is 37.9 Å². The van der Waals surface area contributed by atoms with E-state index >= 15 is 0 Å². The molecule has 1 saturated heterocycles. The molecule has 2 aromatic carbocycles. The predicted molar refractivity (Wildman–Crippen MR) is 93.6 cm³/mol. The summed E-state index contributed by atoms with van der Waals surface area (Å²) >= 11 is 1.73. The third kappa shape index (κ3) is 2.85. The lowest BCUT2D eigenvalue weighted by Gasteiger charge is -2.34. The van der Waals surface area contributed by atoms with E-state index in [2.05, 4.69) is 62.6 Å². The molecule has 4 rings (SSSR count). The number of thiazole rings is 1. The van der Waals surface area contributed by atoms with Crippen molar-refractivity contribution in [3.05, 3.63) is 59.6 Å². The van der Waals surface area contributed by atoms with Gasteiger partial charge in [0.15, 0.2) is 5.13 Å². The number of nitrogens with zero attached hydrogens (tertiary/aromatic N) is 3. The molecule has 1 aliphatic heterocycles. The Morgan fingerprint density at radius 3 is 2.55 bits per heavy atom. The minimum atomic E-state index is 1.04. The fraction of sp³-hybridized carbons (Fsp3) is 0.278. The Hall–Kier alpha value is -1.91. The van der Waals surface area contributed by atoms with E-state index in [0.29, 0.717) is 0 Å². The van der Waals surface area contributed by atoms with Crippen molar-refractivity contribution in [2.45, 2.75) is 6.54 Å². The van der Waals surface area contributed by atoms with Crippen LogP contribution in [0.5, 0.6) is 0 Å². The Morgan fingerprint density at radius 2 is 1.77 bits per heavy atom. The summed E-state index contributed by atoms with van der Waals surface area (Å²) < 4.78 is 0. The highest BCUT2D eigenvalue weighted by Gasteiger charge is 2.18. The van der Waals surface area contributed by atoms with Crippen molar-refractivity contribution in [3.8, 4) is 0 Å². The number of piperazine rings is 1. The standard InChI is InChI=1S/C18H19N3S/c1-2-4-17-13-15(5-6-16(17)3-1)14-20-8-10-21(11-9-20)18-19-7-12-22-18/h1-7,12-13H,8-11,14H2. The largest absolute Gasteiger partial charge is 0.346 e. The third-order valence-electron chi connectivity index (χ3n) is 4.28. The normalized spacial score (nSPS) is 16.3. The quantitative estimate of drug-likeness (QED) is 0.736. The summed E-state index contributed by atoms with van der Waals surface area (Å²) in [4.78, 5) is 9.34. The van der Waals surface area contributed by atoms with Crippen LogP contribution in [0.2, 0.25) is 0 Å². The zero-order valence-corrected chi connectivity index (χ0v) is 13.3. The SMILES string of the molecule is c1ccc2cc(CN3CCN(c4nccs4)CC3)ccc2c1. The minimum Gasteiger partial charge on any atom is -0.346 e. The molecule has 3 nitrogen and oxygen atoms in total. The molecule has 0 N–H and O–H groups in total. The molecule has 0 radical (unpaired) electrons. The van der Waals surface area contributed by atoms with Gasteiger partial charge in [-0.3, -0.25) is 4.90 Å². The van der Waals surface area contributed by atoms with E-state index in [1.54, 1.807) is 11.3 Å². The van der Waals surface area contributed by atoms with E-state index in [9.17, 15) is 0 Å². The van der Waals surface area contributed by atoms with Crippen molar-refractivity contribution < 1.29 is 0 Å². The zero-order chi connectivity index (χ0) is 14.8. The van der Waals surface area contributed by atoms with Crippen molar-refractivity contribution >= 4 is 27.2 Å². The topological polar surface area (TPSA) is 19.4 Å². The number of aromatic nitrogens is 1. The first kappa shape index (κ1) is 13.7. The number of benzene rings is 2. The first-order valence-corrected chi connectivity index (χ1v) is 8.61. The molecule has 0 saturated carbocycles. The second-order valence-corrected chi connectivity index (χ2v) is 6.63. The van der Waals surface area contributed by atoms with Crippen LogP contribution in [0.1, 0.15) is 5.56 Å². The maximum absolute atomic E-state index is 4.41. The third-order valence-corrected chi connectivity index (χ3v) is 5.11. The van der Waals surface area contributed by atoms with Gasteiger partial charge in [0.1, 0.15) is 0 Å². The van der Waals surface area contributed by atoms with Gasteiger partial charge in [0.2, 0.25) is 0 Å². The molecule has 0 unspecified atom stereocenters. The molecule has 0 amide bonds. The average molecular weight is 309 g/mol. The summed E-state index contributed by atoms with van der Waals surface area (Å²) in [7, 11) is 0. The van der Waals surface area contributed by atoms with Crippen molar-refractivity contribution in [1.29, 1.82) is 0 Å². The molecule has 0 aliphatic carbocycles. The highest BCUT2D eigenvalue weighted by molar-refractivity contribution is 7.13. The van der Waals surface area contributed by atoms with Gasteiger partial charge in [-0.1, -0.05) is 36.4 Å². The molecule has 112 valence electrons. The Kier molecular flexibility index (Phi) is 3.79. The molecule has 3 aromatic rings. The molecule has 1 fully saturated rings. The van der Waals surface area contributed by atoms with Crippen molar-refractivity contribution in [2.75, 3.05) is 31.1 Å². The summed E-state index contributed by atoms with van der Waals surface area (Å²) in [6.07, 6.45) is 1.89. The lowest BCUT2D eigenvalue weighted by atomic mass is 10.1. The van der Waals surface area contributed by atoms with Gasteiger partial charge in [-0.15, -0.1) is 11.3 Å². The van der Waals surface area contributed by atoms with Crippen molar-refractivity contribution in [3.63, 3.8) is 0 Å². The number of hydrogen-bond donors (Lipinski definition) is 0. The Balaban J connectivity index is 1.41. The van der Waals surface area contributed by atoms with E-state index in [1.807, 2.05) is 6.20 Å². The van der Waals surface area contributed by atoms with Gasteiger partial charge < -0.3 is 4.90 Å². The number of hydrogen-bond acceptors (Lipinski definition) is 4. The van der Waals surface area contributed by atoms with Gasteiger partial charge >= 0.3 is 0 Å². The second kappa shape index (κ2) is 6.07. The molecular formula is C18H19N3S. The molecular weight excluding hydrogens is 290 g/mol. The Morgan fingerprint density at radius 1 is 0.955 bits per heavy atom. The summed E-state index contributed by atoms with van der Waals surface area (Å²) in [6, 6.07) is 15.4. The van der Waals surface area contributed by atoms with Crippen LogP contribution in [0.3, 0.4) is 0 Å². The van der Waals surface area contributed by atoms with Gasteiger partial charge in [0.05, 0.1) is 0 Å². The molecule has 0 bridgehead atoms. The van der Waals surface area contributed by atoms with Gasteiger partial charge in [-0.05, 0) is 22.4 Å². The van der Waals surface area contributed by atoms with E-state index < -0.39 is 0 Å². The summed E-state index contributed by atoms with van der Waals surface area (Å²) in [6.45, 7) is 5.39. The van der Waals surface area contributed by atoms with E-state index in [-0.39, 0.29) is 0 Å². The van der Waals surface area contributed by atoms with Crippen LogP contribution in [0.15, 0.2) is 54.0 Å². The van der Waals surface area contributed by atoms with Crippen molar-refractivity contribution in [2.24, 2.45) is 0 Å². The van der Waals surface area contributed by atoms with Gasteiger partial charge in [-0.25, -0.2) is 4.98 Å². The smallest absolute Gasteiger partial charge is 0.185 e. The van der Waals surface area contributed by atoms with Crippen molar-refractivity contribution in [1.82, 2.24) is 9.88 Å². The highest BCUT2D eigenvalue weighted by atomic mass is 32.1. The Labute approximate surface area is 134 Å². The first-order valence-electron chi connectivity index (χ1n) is 7.73. The second-order valence-electron chi connectivity index (χ2n) is 5.76. The summed E-state index contributed by atoms with van der Waals surface area (Å²) in [5.41, 5.74) is 1.40. The number of rotatable bonds is 3. The van der Waals surface area contributed by atoms with Crippen LogP contribution >= 0.6 is 11.3 Å². The molecule has 1 aliphatic rings. The molecule has 2 heterocycles. The molecule has 4 heteroatoms. The van der Waals surface area contributed by atoms with Gasteiger partial charge in [0.25, 0.3) is 0 Å². The Bertz CT molecular complexity index is 746. The fourth-order valence-corrected chi connectivity index (χ4v) is 3.76. The van der Waals surface area contributed by atoms with Gasteiger partial charge in [0, 0.05) is 44.3 Å². The average Bonchev–Trinajstić information content (AvgIpc) is 3.10. The lowest BCUT2D eigenvalue weighted by Crippen LogP contribution is -2.45. The van der Waals surface area contributed by atoms with E-state index in [4.69, 9.17) is 0 Å². The monoisotopic (exact) mass is 309 g/mol.